The fourth-order valence-electron chi connectivity index (χ4n) is 7.37. The minimum absolute atomic E-state index is 0.0661. The van der Waals surface area contributed by atoms with Crippen LogP contribution in [0.3, 0.4) is 0 Å². The van der Waals surface area contributed by atoms with Gasteiger partial charge in [-0.05, 0) is 57.7 Å². The van der Waals surface area contributed by atoms with Gasteiger partial charge in [-0.1, -0.05) is 121 Å². The van der Waals surface area contributed by atoms with Crippen LogP contribution in [-0.4, -0.2) is 13.6 Å². The Morgan fingerprint density at radius 1 is 0.425 bits per heavy atom. The van der Waals surface area contributed by atoms with Gasteiger partial charge >= 0.3 is 6.85 Å². The molecule has 0 fully saturated rings. The normalized spacial score (nSPS) is 13.8. The van der Waals surface area contributed by atoms with Crippen molar-refractivity contribution in [2.75, 3.05) is 9.71 Å². The van der Waals surface area contributed by atoms with E-state index in [0.717, 1.165) is 0 Å². The van der Waals surface area contributed by atoms with Gasteiger partial charge < -0.3 is 9.71 Å². The molecule has 0 radical (unpaired) electrons. The topological polar surface area (TPSA) is 6.48 Å². The molecule has 0 saturated carbocycles. The van der Waals surface area contributed by atoms with Crippen molar-refractivity contribution in [2.24, 2.45) is 0 Å². The monoisotopic (exact) mass is 506 g/mol. The molecule has 184 valence electrons. The highest BCUT2D eigenvalue weighted by atomic mass is 15.2. The molecular weight excluding hydrogens is 482 g/mol. The third kappa shape index (κ3) is 2.85. The van der Waals surface area contributed by atoms with E-state index in [9.17, 15) is 0 Å². The van der Waals surface area contributed by atoms with E-state index >= 15 is 0 Å². The zero-order chi connectivity index (χ0) is 26.2. The summed E-state index contributed by atoms with van der Waals surface area (Å²) in [6, 6.07) is 53.6. The predicted octanol–water partition coefficient (Wildman–Crippen LogP) is 5.22. The summed E-state index contributed by atoms with van der Waals surface area (Å²) in [5.41, 5.74) is 15.7. The van der Waals surface area contributed by atoms with Crippen LogP contribution in [0.15, 0.2) is 146 Å². The zero-order valence-electron chi connectivity index (χ0n) is 21.9. The van der Waals surface area contributed by atoms with E-state index in [2.05, 4.69) is 155 Å². The number of anilines is 5. The molecule has 3 heterocycles. The third-order valence-corrected chi connectivity index (χ3v) is 8.90. The van der Waals surface area contributed by atoms with Gasteiger partial charge in [0.2, 0.25) is 6.71 Å². The van der Waals surface area contributed by atoms with Crippen molar-refractivity contribution in [1.29, 1.82) is 0 Å². The average molecular weight is 506 g/mol. The lowest BCUT2D eigenvalue weighted by molar-refractivity contribution is 1.28. The van der Waals surface area contributed by atoms with E-state index in [0.29, 0.717) is 0 Å². The standard InChI is InChI=1S/C36H24B2N2/c1-3-13-25(14-4-1)37-29-18-8-11-21-33(29)39-34-22-12-9-19-30(34)38-35-28(23-24-31(37)36(35)39)27-17-7-10-20-32(27)40(38)26-15-5-2-6-16-26/h1-24H. The van der Waals surface area contributed by atoms with Gasteiger partial charge in [-0.3, -0.25) is 0 Å². The molecule has 0 spiro atoms. The van der Waals surface area contributed by atoms with E-state index in [-0.39, 0.29) is 13.6 Å². The number of hydrogen-bond donors (Lipinski definition) is 0. The number of rotatable bonds is 2. The molecule has 6 aromatic rings. The van der Waals surface area contributed by atoms with Crippen LogP contribution in [0.1, 0.15) is 0 Å². The maximum Gasteiger partial charge on any atom is 0.333 e. The second-order valence-corrected chi connectivity index (χ2v) is 10.9. The second-order valence-electron chi connectivity index (χ2n) is 10.9. The number of benzene rings is 6. The number of fused-ring (bicyclic) bond motifs is 7. The first-order chi connectivity index (χ1) is 19.9. The van der Waals surface area contributed by atoms with E-state index in [1.165, 1.54) is 66.9 Å². The fourth-order valence-corrected chi connectivity index (χ4v) is 7.37. The number of hydrogen-bond acceptors (Lipinski definition) is 2. The molecule has 9 rings (SSSR count). The largest absolute Gasteiger partial charge is 0.376 e. The minimum Gasteiger partial charge on any atom is -0.376 e. The van der Waals surface area contributed by atoms with Crippen LogP contribution in [0.2, 0.25) is 0 Å². The first-order valence-electron chi connectivity index (χ1n) is 14.0. The van der Waals surface area contributed by atoms with Gasteiger partial charge in [0.1, 0.15) is 0 Å². The van der Waals surface area contributed by atoms with E-state index in [1.54, 1.807) is 0 Å². The highest BCUT2D eigenvalue weighted by Crippen LogP contribution is 2.46. The molecule has 0 bridgehead atoms. The summed E-state index contributed by atoms with van der Waals surface area (Å²) in [5, 5.41) is 0. The zero-order valence-corrected chi connectivity index (χ0v) is 21.9. The number of nitrogens with zero attached hydrogens (tertiary/aromatic N) is 2. The Labute approximate surface area is 235 Å². The summed E-state index contributed by atoms with van der Waals surface area (Å²) in [6.45, 7) is 0.235. The van der Waals surface area contributed by atoms with Crippen molar-refractivity contribution in [1.82, 2.24) is 0 Å². The summed E-state index contributed by atoms with van der Waals surface area (Å²) in [5.74, 6) is 0. The van der Waals surface area contributed by atoms with Crippen LogP contribution >= 0.6 is 0 Å². The van der Waals surface area contributed by atoms with Crippen LogP contribution < -0.4 is 37.0 Å². The summed E-state index contributed by atoms with van der Waals surface area (Å²) in [7, 11) is 0. The molecule has 0 N–H and O–H groups in total. The SMILES string of the molecule is c1ccc(B2c3ccccc3N3c4ccccc4B4c5c(ccc2c53)-c2ccccc2N4c2ccccc2)cc1. The van der Waals surface area contributed by atoms with Gasteiger partial charge in [0.05, 0.1) is 0 Å². The van der Waals surface area contributed by atoms with Crippen molar-refractivity contribution in [2.45, 2.75) is 0 Å². The molecule has 0 saturated heterocycles. The van der Waals surface area contributed by atoms with Gasteiger partial charge in [-0.2, -0.15) is 0 Å². The summed E-state index contributed by atoms with van der Waals surface area (Å²) in [6.07, 6.45) is 0. The second kappa shape index (κ2) is 8.27. The van der Waals surface area contributed by atoms with Crippen LogP contribution in [0.5, 0.6) is 0 Å². The van der Waals surface area contributed by atoms with Crippen LogP contribution in [-0.2, 0) is 0 Å². The smallest absolute Gasteiger partial charge is 0.333 e. The average Bonchev–Trinajstić information content (AvgIpc) is 3.03. The van der Waals surface area contributed by atoms with Crippen LogP contribution in [0.4, 0.5) is 28.4 Å². The van der Waals surface area contributed by atoms with Crippen molar-refractivity contribution in [3.8, 4) is 11.1 Å². The van der Waals surface area contributed by atoms with Crippen molar-refractivity contribution in [3.63, 3.8) is 0 Å². The van der Waals surface area contributed by atoms with Crippen LogP contribution in [0.25, 0.3) is 11.1 Å². The molecule has 0 unspecified atom stereocenters. The van der Waals surface area contributed by atoms with Crippen molar-refractivity contribution < 1.29 is 0 Å². The fraction of sp³-hybridized carbons (Fsp3) is 0. The van der Waals surface area contributed by atoms with Gasteiger partial charge in [0, 0.05) is 34.0 Å². The molecular formula is C36H24B2N2. The Balaban J connectivity index is 1.44. The molecule has 4 heteroatoms. The molecule has 0 atom stereocenters. The molecule has 2 nitrogen and oxygen atoms in total. The van der Waals surface area contributed by atoms with E-state index in [1.807, 2.05) is 0 Å². The summed E-state index contributed by atoms with van der Waals surface area (Å²) in [4.78, 5) is 5.11. The number of para-hydroxylation sites is 4. The molecule has 3 aliphatic heterocycles. The quantitative estimate of drug-likeness (QED) is 0.297. The van der Waals surface area contributed by atoms with Gasteiger partial charge in [0.15, 0.2) is 0 Å². The Bertz CT molecular complexity index is 1940. The summed E-state index contributed by atoms with van der Waals surface area (Å²) >= 11 is 0. The Morgan fingerprint density at radius 3 is 1.80 bits per heavy atom. The highest BCUT2D eigenvalue weighted by Gasteiger charge is 2.48. The Morgan fingerprint density at radius 2 is 1.02 bits per heavy atom. The van der Waals surface area contributed by atoms with Gasteiger partial charge in [-0.15, -0.1) is 0 Å². The Kier molecular flexibility index (Phi) is 4.53. The molecule has 0 aliphatic carbocycles. The first-order valence-corrected chi connectivity index (χ1v) is 14.0. The maximum absolute atomic E-state index is 2.56. The van der Waals surface area contributed by atoms with Crippen molar-refractivity contribution >= 4 is 69.3 Å². The molecule has 40 heavy (non-hydrogen) atoms. The van der Waals surface area contributed by atoms with Crippen LogP contribution in [0, 0.1) is 0 Å². The highest BCUT2D eigenvalue weighted by molar-refractivity contribution is 7.00. The Hall–Kier alpha value is -4.95. The molecule has 0 amide bonds. The predicted molar refractivity (Wildman–Crippen MR) is 171 cm³/mol. The van der Waals surface area contributed by atoms with E-state index < -0.39 is 0 Å². The minimum atomic E-state index is 0.0661. The van der Waals surface area contributed by atoms with Gasteiger partial charge in [0.25, 0.3) is 0 Å². The summed E-state index contributed by atoms with van der Waals surface area (Å²) < 4.78 is 0. The third-order valence-electron chi connectivity index (χ3n) is 8.90. The van der Waals surface area contributed by atoms with E-state index in [4.69, 9.17) is 0 Å². The molecule has 0 aromatic heterocycles. The lowest BCUT2D eigenvalue weighted by Crippen LogP contribution is -2.67. The van der Waals surface area contributed by atoms with Crippen molar-refractivity contribution in [3.05, 3.63) is 146 Å². The lowest BCUT2D eigenvalue weighted by atomic mass is 9.33. The lowest BCUT2D eigenvalue weighted by Gasteiger charge is -2.49. The molecule has 3 aliphatic rings. The molecule has 6 aromatic carbocycles. The van der Waals surface area contributed by atoms with Gasteiger partial charge in [-0.25, -0.2) is 0 Å². The first kappa shape index (κ1) is 21.9. The maximum atomic E-state index is 2.56.